The Labute approximate surface area is 130 Å². The fraction of sp³-hybridized carbons (Fsp3) is 0.333. The van der Waals surface area contributed by atoms with Gasteiger partial charge in [0.1, 0.15) is 23.0 Å². The van der Waals surface area contributed by atoms with Gasteiger partial charge in [0, 0.05) is 23.3 Å². The second kappa shape index (κ2) is 7.59. The molecule has 0 saturated heterocycles. The highest BCUT2D eigenvalue weighted by Crippen LogP contribution is 2.38. The summed E-state index contributed by atoms with van der Waals surface area (Å²) < 4.78 is 11.0. The van der Waals surface area contributed by atoms with Crippen LogP contribution in [0.4, 0.5) is 0 Å². The van der Waals surface area contributed by atoms with Gasteiger partial charge < -0.3 is 19.7 Å². The number of ether oxygens (including phenoxy) is 2. The number of benzene rings is 2. The van der Waals surface area contributed by atoms with E-state index < -0.39 is 0 Å². The Morgan fingerprint density at radius 3 is 1.45 bits per heavy atom. The predicted octanol–water partition coefficient (Wildman–Crippen LogP) is 4.34. The molecule has 0 bridgehead atoms. The van der Waals surface area contributed by atoms with Crippen molar-refractivity contribution in [2.75, 3.05) is 13.2 Å². The molecule has 2 N–H and O–H groups in total. The molecule has 2 rings (SSSR count). The van der Waals surface area contributed by atoms with Crippen LogP contribution in [0.25, 0.3) is 11.1 Å². The van der Waals surface area contributed by atoms with Crippen molar-refractivity contribution in [1.29, 1.82) is 0 Å². The average molecular weight is 302 g/mol. The highest BCUT2D eigenvalue weighted by atomic mass is 16.5. The molecule has 4 nitrogen and oxygen atoms in total. The summed E-state index contributed by atoms with van der Waals surface area (Å²) in [4.78, 5) is 0. The maximum Gasteiger partial charge on any atom is 0.127 e. The van der Waals surface area contributed by atoms with Crippen LogP contribution in [0.1, 0.15) is 26.7 Å². The first kappa shape index (κ1) is 16.0. The van der Waals surface area contributed by atoms with Crippen molar-refractivity contribution in [3.8, 4) is 34.1 Å². The molecule has 4 heteroatoms. The number of hydrogen-bond acceptors (Lipinski definition) is 4. The molecule has 0 spiro atoms. The Hall–Kier alpha value is -2.36. The fourth-order valence-corrected chi connectivity index (χ4v) is 2.10. The lowest BCUT2D eigenvalue weighted by Gasteiger charge is -2.11. The first-order valence-electron chi connectivity index (χ1n) is 7.57. The van der Waals surface area contributed by atoms with Crippen LogP contribution >= 0.6 is 0 Å². The Morgan fingerprint density at radius 2 is 1.14 bits per heavy atom. The van der Waals surface area contributed by atoms with Gasteiger partial charge in [-0.2, -0.15) is 0 Å². The maximum absolute atomic E-state index is 10.2. The number of phenols is 2. The Kier molecular flexibility index (Phi) is 5.53. The maximum atomic E-state index is 10.2. The molecule has 0 aliphatic heterocycles. The number of aromatic hydroxyl groups is 2. The summed E-state index contributed by atoms with van der Waals surface area (Å²) >= 11 is 0. The standard InChI is InChI=1S/C18H22O4/c1-3-9-21-13-5-7-15(17(19)11-13)16-8-6-14(12-18(16)20)22-10-4-2/h5-8,11-12,19-20H,3-4,9-10H2,1-2H3. The lowest BCUT2D eigenvalue weighted by Crippen LogP contribution is -1.95. The lowest BCUT2D eigenvalue weighted by atomic mass is 10.0. The van der Waals surface area contributed by atoms with Gasteiger partial charge in [-0.05, 0) is 37.1 Å². The van der Waals surface area contributed by atoms with Crippen LogP contribution in [0.2, 0.25) is 0 Å². The third kappa shape index (κ3) is 3.85. The van der Waals surface area contributed by atoms with E-state index in [0.717, 1.165) is 12.8 Å². The second-order valence-electron chi connectivity index (χ2n) is 5.05. The van der Waals surface area contributed by atoms with Crippen molar-refractivity contribution in [3.63, 3.8) is 0 Å². The van der Waals surface area contributed by atoms with Gasteiger partial charge in [0.05, 0.1) is 13.2 Å². The third-order valence-electron chi connectivity index (χ3n) is 3.17. The van der Waals surface area contributed by atoms with Crippen LogP contribution in [0.15, 0.2) is 36.4 Å². The molecule has 2 aromatic rings. The molecule has 0 fully saturated rings. The Balaban J connectivity index is 2.24. The monoisotopic (exact) mass is 302 g/mol. The van der Waals surface area contributed by atoms with E-state index in [4.69, 9.17) is 9.47 Å². The molecule has 0 aliphatic carbocycles. The molecule has 118 valence electrons. The van der Waals surface area contributed by atoms with Gasteiger partial charge in [0.25, 0.3) is 0 Å². The van der Waals surface area contributed by atoms with Crippen molar-refractivity contribution in [3.05, 3.63) is 36.4 Å². The van der Waals surface area contributed by atoms with Gasteiger partial charge in [-0.1, -0.05) is 13.8 Å². The molecule has 0 radical (unpaired) electrons. The Morgan fingerprint density at radius 1 is 0.727 bits per heavy atom. The van der Waals surface area contributed by atoms with Crippen molar-refractivity contribution >= 4 is 0 Å². The molecule has 0 saturated carbocycles. The lowest BCUT2D eigenvalue weighted by molar-refractivity contribution is 0.315. The van der Waals surface area contributed by atoms with Gasteiger partial charge >= 0.3 is 0 Å². The van der Waals surface area contributed by atoms with Gasteiger partial charge in [0.15, 0.2) is 0 Å². The van der Waals surface area contributed by atoms with Crippen LogP contribution in [-0.4, -0.2) is 23.4 Å². The van der Waals surface area contributed by atoms with E-state index in [0.29, 0.717) is 35.8 Å². The SMILES string of the molecule is CCCOc1ccc(-c2ccc(OCCC)cc2O)c(O)c1. The summed E-state index contributed by atoms with van der Waals surface area (Å²) in [5.74, 6) is 1.38. The normalized spacial score (nSPS) is 10.5. The van der Waals surface area contributed by atoms with E-state index in [1.54, 1.807) is 36.4 Å². The zero-order valence-corrected chi connectivity index (χ0v) is 13.0. The average Bonchev–Trinajstić information content (AvgIpc) is 2.52. The molecule has 2 aromatic carbocycles. The molecular weight excluding hydrogens is 280 g/mol. The van der Waals surface area contributed by atoms with E-state index >= 15 is 0 Å². The smallest absolute Gasteiger partial charge is 0.127 e. The summed E-state index contributed by atoms with van der Waals surface area (Å²) in [7, 11) is 0. The van der Waals surface area contributed by atoms with Crippen LogP contribution < -0.4 is 9.47 Å². The van der Waals surface area contributed by atoms with Crippen molar-refractivity contribution in [2.24, 2.45) is 0 Å². The third-order valence-corrected chi connectivity index (χ3v) is 3.17. The van der Waals surface area contributed by atoms with Gasteiger partial charge in [-0.15, -0.1) is 0 Å². The highest BCUT2D eigenvalue weighted by Gasteiger charge is 2.11. The quantitative estimate of drug-likeness (QED) is 0.798. The fourth-order valence-electron chi connectivity index (χ4n) is 2.10. The van der Waals surface area contributed by atoms with Crippen molar-refractivity contribution < 1.29 is 19.7 Å². The van der Waals surface area contributed by atoms with E-state index in [9.17, 15) is 10.2 Å². The topological polar surface area (TPSA) is 58.9 Å². The van der Waals surface area contributed by atoms with Crippen LogP contribution in [0.3, 0.4) is 0 Å². The Bertz CT molecular complexity index is 567. The molecule has 0 aliphatic rings. The molecule has 0 amide bonds. The summed E-state index contributed by atoms with van der Waals surface area (Å²) in [5.41, 5.74) is 1.12. The zero-order valence-electron chi connectivity index (χ0n) is 13.0. The van der Waals surface area contributed by atoms with Crippen molar-refractivity contribution in [1.82, 2.24) is 0 Å². The summed E-state index contributed by atoms with van der Waals surface area (Å²) in [5, 5.41) is 20.3. The van der Waals surface area contributed by atoms with Crippen LogP contribution in [0, 0.1) is 0 Å². The number of hydrogen-bond donors (Lipinski definition) is 2. The molecule has 0 heterocycles. The molecule has 0 atom stereocenters. The van der Waals surface area contributed by atoms with E-state index in [2.05, 4.69) is 0 Å². The summed E-state index contributed by atoms with van der Waals surface area (Å²) in [6, 6.07) is 10.2. The highest BCUT2D eigenvalue weighted by molar-refractivity contribution is 5.76. The minimum atomic E-state index is 0.0751. The number of phenolic OH excluding ortho intramolecular Hbond substituents is 2. The minimum Gasteiger partial charge on any atom is -0.507 e. The van der Waals surface area contributed by atoms with Crippen molar-refractivity contribution in [2.45, 2.75) is 26.7 Å². The van der Waals surface area contributed by atoms with Gasteiger partial charge in [0.2, 0.25) is 0 Å². The van der Waals surface area contributed by atoms with E-state index in [1.165, 1.54) is 0 Å². The van der Waals surface area contributed by atoms with Crippen LogP contribution in [0.5, 0.6) is 23.0 Å². The first-order chi connectivity index (χ1) is 10.7. The van der Waals surface area contributed by atoms with Gasteiger partial charge in [-0.3, -0.25) is 0 Å². The minimum absolute atomic E-state index is 0.0751. The van der Waals surface area contributed by atoms with Crippen LogP contribution in [-0.2, 0) is 0 Å². The largest absolute Gasteiger partial charge is 0.507 e. The summed E-state index contributed by atoms with van der Waals surface area (Å²) in [6.07, 6.45) is 1.81. The van der Waals surface area contributed by atoms with Gasteiger partial charge in [-0.25, -0.2) is 0 Å². The van der Waals surface area contributed by atoms with E-state index in [-0.39, 0.29) is 11.5 Å². The molecule has 0 unspecified atom stereocenters. The predicted molar refractivity (Wildman–Crippen MR) is 86.8 cm³/mol. The number of rotatable bonds is 7. The summed E-state index contributed by atoms with van der Waals surface area (Å²) in [6.45, 7) is 5.25. The molecule has 0 aromatic heterocycles. The van der Waals surface area contributed by atoms with E-state index in [1.807, 2.05) is 13.8 Å². The second-order valence-corrected chi connectivity index (χ2v) is 5.05. The zero-order chi connectivity index (χ0) is 15.9. The molecule has 22 heavy (non-hydrogen) atoms. The first-order valence-corrected chi connectivity index (χ1v) is 7.57. The molecular formula is C18H22O4.